The van der Waals surface area contributed by atoms with E-state index in [1.165, 1.54) is 11.3 Å². The molecule has 0 saturated heterocycles. The molecular weight excluding hydrogens is 518 g/mol. The molecule has 4 rings (SSSR count). The van der Waals surface area contributed by atoms with Gasteiger partial charge in [-0.2, -0.15) is 8.42 Å². The number of amides is 2. The van der Waals surface area contributed by atoms with E-state index in [-0.39, 0.29) is 19.6 Å². The number of carbonyl (C=O) groups excluding carboxylic acids is 2. The quantitative estimate of drug-likeness (QED) is 0.269. The van der Waals surface area contributed by atoms with Crippen molar-refractivity contribution in [1.29, 1.82) is 0 Å². The molecule has 1 aliphatic rings. The summed E-state index contributed by atoms with van der Waals surface area (Å²) < 4.78 is 35.3. The summed E-state index contributed by atoms with van der Waals surface area (Å²) in [5.74, 6) is 0.267. The first-order chi connectivity index (χ1) is 17.8. The summed E-state index contributed by atoms with van der Waals surface area (Å²) in [4.78, 5) is 31.0. The number of nitrogens with one attached hydrogen (secondary N) is 3. The van der Waals surface area contributed by atoms with Crippen LogP contribution in [0.25, 0.3) is 11.3 Å². The molecule has 1 aromatic heterocycles. The Morgan fingerprint density at radius 3 is 2.65 bits per heavy atom. The Morgan fingerprint density at radius 1 is 1.11 bits per heavy atom. The fourth-order valence-electron chi connectivity index (χ4n) is 3.70. The third kappa shape index (κ3) is 7.73. The monoisotopic (exact) mass is 545 g/mol. The van der Waals surface area contributed by atoms with Gasteiger partial charge >= 0.3 is 6.09 Å². The Bertz CT molecular complexity index is 1350. The number of anilines is 1. The number of ether oxygens (including phenoxy) is 2. The number of hydrogen-bond donors (Lipinski definition) is 4. The first kappa shape index (κ1) is 26.5. The standard InChI is InChI=1S/C24H27N5O6S2/c25-37(32,33)26-13-7-6-11-18(27-24(31)35-14-16-8-2-1-3-9-16)22(30)29-23-28-21-17-10-4-5-12-19(17)34-15-20(21)36-23/h1-5,8-10,12,18,26H,6-7,11,13-15H2,(H,27,31)(H2,25,32,33)(H,28,29,30)/t18-/m0/s1. The van der Waals surface area contributed by atoms with Gasteiger partial charge in [0.2, 0.25) is 5.91 Å². The van der Waals surface area contributed by atoms with Crippen molar-refractivity contribution in [3.8, 4) is 17.0 Å². The zero-order valence-electron chi connectivity index (χ0n) is 19.8. The molecular formula is C24H27N5O6S2. The first-order valence-corrected chi connectivity index (χ1v) is 13.9. The number of carbonyl (C=O) groups is 2. The van der Waals surface area contributed by atoms with Crippen molar-refractivity contribution in [2.75, 3.05) is 11.9 Å². The van der Waals surface area contributed by atoms with Gasteiger partial charge in [-0.15, -0.1) is 0 Å². The summed E-state index contributed by atoms with van der Waals surface area (Å²) in [6, 6.07) is 15.8. The van der Waals surface area contributed by atoms with Crippen molar-refractivity contribution in [3.05, 3.63) is 65.0 Å². The van der Waals surface area contributed by atoms with E-state index < -0.39 is 28.3 Å². The highest BCUT2D eigenvalue weighted by Crippen LogP contribution is 2.40. The Balaban J connectivity index is 1.39. The second-order valence-electron chi connectivity index (χ2n) is 8.26. The molecule has 0 aliphatic carbocycles. The SMILES string of the molecule is NS(=O)(=O)NCCCC[C@H](NC(=O)OCc1ccccc1)C(=O)Nc1nc2c(s1)COc1ccccc1-2. The molecule has 2 aromatic carbocycles. The molecule has 11 nitrogen and oxygen atoms in total. The Morgan fingerprint density at radius 2 is 1.86 bits per heavy atom. The summed E-state index contributed by atoms with van der Waals surface area (Å²) in [6.45, 7) is 0.520. The average Bonchev–Trinajstić information content (AvgIpc) is 3.29. The summed E-state index contributed by atoms with van der Waals surface area (Å²) in [5.41, 5.74) is 2.41. The van der Waals surface area contributed by atoms with E-state index in [0.717, 1.165) is 27.4 Å². The van der Waals surface area contributed by atoms with Crippen molar-refractivity contribution in [1.82, 2.24) is 15.0 Å². The van der Waals surface area contributed by atoms with Gasteiger partial charge in [0, 0.05) is 12.1 Å². The number of thiazole rings is 1. The van der Waals surface area contributed by atoms with Crippen LogP contribution >= 0.6 is 11.3 Å². The van der Waals surface area contributed by atoms with Gasteiger partial charge in [-0.05, 0) is 37.0 Å². The predicted molar refractivity (Wildman–Crippen MR) is 139 cm³/mol. The highest BCUT2D eigenvalue weighted by molar-refractivity contribution is 7.87. The number of hydrogen-bond acceptors (Lipinski definition) is 8. The molecule has 0 spiro atoms. The Hall–Kier alpha value is -3.52. The molecule has 0 bridgehead atoms. The van der Waals surface area contributed by atoms with E-state index in [1.807, 2.05) is 54.6 Å². The predicted octanol–water partition coefficient (Wildman–Crippen LogP) is 2.90. The topological polar surface area (TPSA) is 162 Å². The number of alkyl carbamates (subject to hydrolysis) is 1. The zero-order valence-corrected chi connectivity index (χ0v) is 21.4. The molecule has 2 amide bonds. The van der Waals surface area contributed by atoms with E-state index in [4.69, 9.17) is 14.6 Å². The molecule has 5 N–H and O–H groups in total. The molecule has 196 valence electrons. The molecule has 1 atom stereocenters. The van der Waals surface area contributed by atoms with Crippen LogP contribution < -0.4 is 25.2 Å². The molecule has 0 unspecified atom stereocenters. The van der Waals surface area contributed by atoms with Crippen LogP contribution in [-0.2, 0) is 33.0 Å². The van der Waals surface area contributed by atoms with Crippen LogP contribution in [0.15, 0.2) is 54.6 Å². The third-order valence-corrected chi connectivity index (χ3v) is 7.02. The van der Waals surface area contributed by atoms with Gasteiger partial charge < -0.3 is 20.1 Å². The van der Waals surface area contributed by atoms with Crippen molar-refractivity contribution >= 4 is 38.7 Å². The second-order valence-corrected chi connectivity index (χ2v) is 10.7. The van der Waals surface area contributed by atoms with Gasteiger partial charge in [-0.1, -0.05) is 53.8 Å². The minimum absolute atomic E-state index is 0.0535. The van der Waals surface area contributed by atoms with Gasteiger partial charge in [-0.25, -0.2) is 19.6 Å². The molecule has 37 heavy (non-hydrogen) atoms. The Labute approximate surface area is 218 Å². The first-order valence-electron chi connectivity index (χ1n) is 11.6. The minimum atomic E-state index is -3.79. The fraction of sp³-hybridized carbons (Fsp3) is 0.292. The average molecular weight is 546 g/mol. The highest BCUT2D eigenvalue weighted by Gasteiger charge is 2.26. The van der Waals surface area contributed by atoms with Crippen LogP contribution in [0, 0.1) is 0 Å². The molecule has 0 radical (unpaired) electrons. The van der Waals surface area contributed by atoms with Gasteiger partial charge in [-0.3, -0.25) is 4.79 Å². The smallest absolute Gasteiger partial charge is 0.408 e. The minimum Gasteiger partial charge on any atom is -0.487 e. The number of nitrogens with zero attached hydrogens (tertiary/aromatic N) is 1. The molecule has 0 saturated carbocycles. The van der Waals surface area contributed by atoms with Gasteiger partial charge in [0.05, 0.1) is 10.6 Å². The highest BCUT2D eigenvalue weighted by atomic mass is 32.2. The normalized spacial score (nSPS) is 13.0. The lowest BCUT2D eigenvalue weighted by Gasteiger charge is -2.17. The van der Waals surface area contributed by atoms with Crippen LogP contribution in [0.3, 0.4) is 0 Å². The van der Waals surface area contributed by atoms with Gasteiger partial charge in [0.25, 0.3) is 10.2 Å². The number of nitrogens with two attached hydrogens (primary N) is 1. The molecule has 1 aliphatic heterocycles. The maximum Gasteiger partial charge on any atom is 0.408 e. The molecule has 0 fully saturated rings. The summed E-state index contributed by atoms with van der Waals surface area (Å²) in [6.07, 6.45) is 0.359. The number of benzene rings is 2. The summed E-state index contributed by atoms with van der Waals surface area (Å²) in [7, 11) is -3.79. The summed E-state index contributed by atoms with van der Waals surface area (Å²) in [5, 5.41) is 10.7. The number of para-hydroxylation sites is 1. The lowest BCUT2D eigenvalue weighted by molar-refractivity contribution is -0.118. The maximum absolute atomic E-state index is 13.1. The van der Waals surface area contributed by atoms with Crippen molar-refractivity contribution < 1.29 is 27.5 Å². The van der Waals surface area contributed by atoms with Gasteiger partial charge in [0.1, 0.15) is 25.0 Å². The lowest BCUT2D eigenvalue weighted by atomic mass is 10.1. The van der Waals surface area contributed by atoms with Crippen molar-refractivity contribution in [3.63, 3.8) is 0 Å². The van der Waals surface area contributed by atoms with Crippen LogP contribution in [0.2, 0.25) is 0 Å². The van der Waals surface area contributed by atoms with Crippen LogP contribution in [0.5, 0.6) is 5.75 Å². The van der Waals surface area contributed by atoms with Gasteiger partial charge in [0.15, 0.2) is 5.13 Å². The molecule has 2 heterocycles. The zero-order chi connectivity index (χ0) is 26.3. The molecule has 3 aromatic rings. The van der Waals surface area contributed by atoms with E-state index in [2.05, 4.69) is 20.3 Å². The van der Waals surface area contributed by atoms with E-state index in [1.54, 1.807) is 0 Å². The van der Waals surface area contributed by atoms with Crippen LogP contribution in [0.1, 0.15) is 29.7 Å². The van der Waals surface area contributed by atoms with Crippen molar-refractivity contribution in [2.45, 2.75) is 38.5 Å². The fourth-order valence-corrected chi connectivity index (χ4v) is 5.02. The lowest BCUT2D eigenvalue weighted by Crippen LogP contribution is -2.44. The van der Waals surface area contributed by atoms with E-state index >= 15 is 0 Å². The number of fused-ring (bicyclic) bond motifs is 3. The second kappa shape index (κ2) is 12.1. The maximum atomic E-state index is 13.1. The largest absolute Gasteiger partial charge is 0.487 e. The third-order valence-electron chi connectivity index (χ3n) is 5.47. The molecule has 13 heteroatoms. The van der Waals surface area contributed by atoms with Crippen LogP contribution in [0.4, 0.5) is 9.93 Å². The number of unbranched alkanes of at least 4 members (excludes halogenated alkanes) is 1. The summed E-state index contributed by atoms with van der Waals surface area (Å²) >= 11 is 1.30. The number of rotatable bonds is 11. The Kier molecular flexibility index (Phi) is 8.71. The van der Waals surface area contributed by atoms with E-state index in [0.29, 0.717) is 24.6 Å². The van der Waals surface area contributed by atoms with E-state index in [9.17, 15) is 18.0 Å². The van der Waals surface area contributed by atoms with Crippen LogP contribution in [-0.4, -0.2) is 38.0 Å². The number of aromatic nitrogens is 1. The van der Waals surface area contributed by atoms with Crippen molar-refractivity contribution in [2.24, 2.45) is 5.14 Å².